The van der Waals surface area contributed by atoms with Crippen molar-refractivity contribution in [2.45, 2.75) is 225 Å². The monoisotopic (exact) mass is 1190 g/mol. The highest BCUT2D eigenvalue weighted by molar-refractivity contribution is 5.77. The van der Waals surface area contributed by atoms with Crippen LogP contribution in [-0.4, -0.2) is 299 Å². The molecule has 17 N–H and O–H groups in total. The lowest BCUT2D eigenvalue weighted by molar-refractivity contribution is -0.363. The Bertz CT molecular complexity index is 2090. The minimum Gasteiger partial charge on any atom is -0.432 e. The van der Waals surface area contributed by atoms with Crippen LogP contribution in [0.5, 0.6) is 0 Å². The van der Waals surface area contributed by atoms with Gasteiger partial charge < -0.3 is 134 Å². The van der Waals surface area contributed by atoms with Gasteiger partial charge in [-0.2, -0.15) is 0 Å². The van der Waals surface area contributed by atoms with Crippen LogP contribution in [0.4, 0.5) is 0 Å². The van der Waals surface area contributed by atoms with Gasteiger partial charge in [0.1, 0.15) is 104 Å². The highest BCUT2D eigenvalue weighted by Gasteiger charge is 2.69. The van der Waals surface area contributed by atoms with Crippen molar-refractivity contribution in [3.8, 4) is 0 Å². The van der Waals surface area contributed by atoms with E-state index in [2.05, 4.69) is 13.5 Å². The number of esters is 1. The molecule has 0 amide bonds. The maximum absolute atomic E-state index is 14.9. The van der Waals surface area contributed by atoms with Crippen LogP contribution in [0.15, 0.2) is 12.2 Å². The molecule has 4 aliphatic heterocycles. The van der Waals surface area contributed by atoms with Crippen LogP contribution in [-0.2, 0) is 52.2 Å². The standard InChI is InChI=1S/C54H90O28/c1-23-12-53-10-6-32-51(3,8-5-9-52(32,4)50(72)82-49-46(42(69)37(64)29(18-60)79-49)81-48-44(71)41(68)36(63)28(17-59)78-48)33(53)7-11-54(23,22-53)74-21-31(75-24(2)13-55)45(80-47-43(70)40(67)35(62)27(16-58)77-47)25(14-56)19-73-20-30-38(65)39(66)34(61)26(15-57)76-30/h24-49,55-71H,1,5-22H2,2-4H3/t24?,25-,26?,27?,28?,29?,30-,31?,32-,33-,34+,35+,36+,37+,38+,39?,40+,41+,42?,43-,44-,45-,46-,47?,48?,49-,51+,52+,53+,54-/m0/s1. The van der Waals surface area contributed by atoms with Crippen LogP contribution < -0.4 is 0 Å². The Morgan fingerprint density at radius 1 is 0.610 bits per heavy atom. The number of hydrogen-bond donors (Lipinski definition) is 17. The molecule has 4 aliphatic carbocycles. The summed E-state index contributed by atoms with van der Waals surface area (Å²) in [6.07, 6.45) is -31.8. The Morgan fingerprint density at radius 2 is 1.15 bits per heavy atom. The average Bonchev–Trinajstić information content (AvgIpc) is 2.15. The third-order valence-electron chi connectivity index (χ3n) is 19.8. The molecule has 2 bridgehead atoms. The topological polar surface area (TPSA) is 453 Å². The van der Waals surface area contributed by atoms with E-state index in [0.717, 1.165) is 12.0 Å². The number of rotatable bonds is 23. The second kappa shape index (κ2) is 26.9. The van der Waals surface area contributed by atoms with Crippen LogP contribution in [0.2, 0.25) is 0 Å². The second-order valence-electron chi connectivity index (χ2n) is 24.8. The molecule has 0 aromatic rings. The molecule has 8 aliphatic rings. The number of aliphatic hydroxyl groups is 17. The molecule has 1 spiro atoms. The van der Waals surface area contributed by atoms with Crippen LogP contribution >= 0.6 is 0 Å². The first-order valence-electron chi connectivity index (χ1n) is 28.7. The van der Waals surface area contributed by atoms with Crippen molar-refractivity contribution in [1.29, 1.82) is 0 Å². The number of ether oxygens (including phenoxy) is 10. The molecule has 474 valence electrons. The first-order valence-corrected chi connectivity index (χ1v) is 28.7. The van der Waals surface area contributed by atoms with E-state index in [-0.39, 0.29) is 23.9 Å². The Kier molecular flexibility index (Phi) is 21.7. The fourth-order valence-electron chi connectivity index (χ4n) is 15.2. The Hall–Kier alpha value is -1.83. The third kappa shape index (κ3) is 12.5. The van der Waals surface area contributed by atoms with Gasteiger partial charge in [-0.3, -0.25) is 4.79 Å². The summed E-state index contributed by atoms with van der Waals surface area (Å²) in [6, 6.07) is 0. The molecular weight excluding hydrogens is 1100 g/mol. The van der Waals surface area contributed by atoms with E-state index in [4.69, 9.17) is 47.4 Å². The van der Waals surface area contributed by atoms with Gasteiger partial charge in [-0.25, -0.2) is 0 Å². The van der Waals surface area contributed by atoms with Crippen molar-refractivity contribution in [2.75, 3.05) is 59.5 Å². The summed E-state index contributed by atoms with van der Waals surface area (Å²) in [6.45, 7) is 4.80. The number of carbonyl (C=O) groups is 1. The summed E-state index contributed by atoms with van der Waals surface area (Å²) < 4.78 is 60.5. The maximum atomic E-state index is 14.9. The van der Waals surface area contributed by atoms with E-state index in [1.54, 1.807) is 6.92 Å². The molecule has 0 aromatic heterocycles. The SMILES string of the molecule is C=C1C[C@@]23CC[C@H]4[C@@](C)(CCC[C@@]4(C)C(=O)O[C@@H]4OC(CO)[C@@H](O)C(O)[C@@H]4OC4OC(CO)[C@@H](O)[C@@H](O)[C@@H]4O)[C@@H]2CC[C@]1(OCC(OC(C)CO)[C@@H](OC1OC(CO)[C@@H](O)[C@@H](O)[C@@H]1O)[C@@H](CO)COC[C@@H]1OC(CO)[C@@H](O)C(O)[C@@H]1O)C3. The smallest absolute Gasteiger partial charge is 0.314 e. The van der Waals surface area contributed by atoms with E-state index in [1.165, 1.54) is 0 Å². The molecule has 4 saturated heterocycles. The molecule has 82 heavy (non-hydrogen) atoms. The molecule has 28 nitrogen and oxygen atoms in total. The summed E-state index contributed by atoms with van der Waals surface area (Å²) in [5, 5.41) is 179. The van der Waals surface area contributed by atoms with Crippen molar-refractivity contribution in [1.82, 2.24) is 0 Å². The van der Waals surface area contributed by atoms with Crippen molar-refractivity contribution >= 4 is 5.97 Å². The largest absolute Gasteiger partial charge is 0.432 e. The highest BCUT2D eigenvalue weighted by atomic mass is 16.8. The molecule has 28 heteroatoms. The minimum atomic E-state index is -1.92. The van der Waals surface area contributed by atoms with Gasteiger partial charge in [0, 0.05) is 5.92 Å². The molecule has 0 radical (unpaired) electrons. The van der Waals surface area contributed by atoms with Crippen LogP contribution in [0.1, 0.15) is 78.6 Å². The fourth-order valence-corrected chi connectivity index (χ4v) is 15.2. The summed E-state index contributed by atoms with van der Waals surface area (Å²) >= 11 is 0. The molecule has 10 unspecified atom stereocenters. The average molecular weight is 1190 g/mol. The summed E-state index contributed by atoms with van der Waals surface area (Å²) in [7, 11) is 0. The third-order valence-corrected chi connectivity index (χ3v) is 19.8. The first kappa shape index (κ1) is 66.1. The van der Waals surface area contributed by atoms with E-state index in [1.807, 2.05) is 6.92 Å². The lowest BCUT2D eigenvalue weighted by Crippen LogP contribution is -2.65. The van der Waals surface area contributed by atoms with E-state index >= 15 is 0 Å². The second-order valence-corrected chi connectivity index (χ2v) is 24.8. The Labute approximate surface area is 474 Å². The van der Waals surface area contributed by atoms with Gasteiger partial charge in [0.2, 0.25) is 6.29 Å². The molecule has 4 saturated carbocycles. The number of hydrogen-bond acceptors (Lipinski definition) is 28. The Balaban J connectivity index is 1.01. The summed E-state index contributed by atoms with van der Waals surface area (Å²) in [5.74, 6) is -2.08. The zero-order valence-electron chi connectivity index (χ0n) is 46.5. The van der Waals surface area contributed by atoms with E-state index in [0.29, 0.717) is 51.4 Å². The van der Waals surface area contributed by atoms with Crippen LogP contribution in [0.25, 0.3) is 0 Å². The normalized spacial score (nSPS) is 48.4. The molecule has 30 atom stereocenters. The van der Waals surface area contributed by atoms with Gasteiger partial charge in [-0.05, 0) is 93.5 Å². The quantitative estimate of drug-likeness (QED) is 0.0334. The first-order chi connectivity index (χ1) is 38.8. The van der Waals surface area contributed by atoms with Gasteiger partial charge in [-0.15, -0.1) is 0 Å². The predicted molar refractivity (Wildman–Crippen MR) is 273 cm³/mol. The predicted octanol–water partition coefficient (Wildman–Crippen LogP) is -6.32. The number of aliphatic hydroxyl groups excluding tert-OH is 17. The van der Waals surface area contributed by atoms with Gasteiger partial charge in [0.05, 0.1) is 82.7 Å². The fraction of sp³-hybridized carbons (Fsp3) is 0.944. The number of fused-ring (bicyclic) bond motifs is 3. The van der Waals surface area contributed by atoms with Crippen molar-refractivity contribution < 1.29 is 139 Å². The zero-order valence-corrected chi connectivity index (χ0v) is 46.5. The molecule has 8 rings (SSSR count). The lowest BCUT2D eigenvalue weighted by atomic mass is 9.41. The summed E-state index contributed by atoms with van der Waals surface area (Å²) in [5.41, 5.74) is -2.16. The van der Waals surface area contributed by atoms with Gasteiger partial charge in [-0.1, -0.05) is 19.9 Å². The molecule has 8 fully saturated rings. The minimum absolute atomic E-state index is 0.0226. The highest BCUT2D eigenvalue weighted by Crippen LogP contribution is 2.73. The molecular formula is C54H90O28. The van der Waals surface area contributed by atoms with Crippen molar-refractivity contribution in [3.63, 3.8) is 0 Å². The van der Waals surface area contributed by atoms with Crippen molar-refractivity contribution in [3.05, 3.63) is 12.2 Å². The van der Waals surface area contributed by atoms with Gasteiger partial charge >= 0.3 is 5.97 Å². The van der Waals surface area contributed by atoms with E-state index in [9.17, 15) is 91.6 Å². The van der Waals surface area contributed by atoms with Gasteiger partial charge in [0.15, 0.2) is 18.7 Å². The molecule has 4 heterocycles. The Morgan fingerprint density at radius 3 is 1.74 bits per heavy atom. The van der Waals surface area contributed by atoms with Crippen molar-refractivity contribution in [2.24, 2.45) is 34.0 Å². The lowest BCUT2D eigenvalue weighted by Gasteiger charge is -2.64. The zero-order chi connectivity index (χ0) is 60.0. The van der Waals surface area contributed by atoms with Crippen LogP contribution in [0, 0.1) is 34.0 Å². The van der Waals surface area contributed by atoms with E-state index < -0.39 is 222 Å². The molecule has 0 aromatic carbocycles. The number of carbonyl (C=O) groups excluding carboxylic acids is 1. The van der Waals surface area contributed by atoms with Crippen LogP contribution in [0.3, 0.4) is 0 Å². The van der Waals surface area contributed by atoms with Gasteiger partial charge in [0.25, 0.3) is 0 Å². The summed E-state index contributed by atoms with van der Waals surface area (Å²) in [4.78, 5) is 14.9. The maximum Gasteiger partial charge on any atom is 0.314 e.